The summed E-state index contributed by atoms with van der Waals surface area (Å²) in [4.78, 5) is 69.9. The van der Waals surface area contributed by atoms with E-state index in [-0.39, 0.29) is 41.2 Å². The molecule has 0 bridgehead atoms. The van der Waals surface area contributed by atoms with E-state index in [1.807, 2.05) is 54.6 Å². The highest BCUT2D eigenvalue weighted by molar-refractivity contribution is 8.76. The van der Waals surface area contributed by atoms with Gasteiger partial charge in [0.15, 0.2) is 0 Å². The molecule has 4 aromatic carbocycles. The standard InChI is InChI=1S/C42H37Cl2N4O8PS2/c43-17-24-19-47(30-15-32(26-7-1-3-9-28(26)35(24)30)55-39(51)46-13-14-58-59-34-11-5-6-12-45-34)37(49)40-21-41(23-42(40,41)22-40)38(50)48-20-25(18-44)36-29-10-4-2-8-27(29)33(16-31(36)48)56-57(52,53)54/h1-12,15-16,24-25H,13-14,17-23H2,(H,46,51)(H2,52,53,54). The molecule has 1 aromatic heterocycles. The molecule has 12 nitrogen and oxygen atoms in total. The highest BCUT2D eigenvalue weighted by Gasteiger charge is 3.01. The number of aromatic nitrogens is 1. The van der Waals surface area contributed by atoms with Crippen LogP contribution in [0.5, 0.6) is 11.5 Å². The van der Waals surface area contributed by atoms with Crippen LogP contribution in [0.2, 0.25) is 0 Å². The first-order valence-electron chi connectivity index (χ1n) is 19.2. The van der Waals surface area contributed by atoms with Crippen molar-refractivity contribution in [2.45, 2.75) is 36.1 Å². The molecule has 304 valence electrons. The average molecular weight is 892 g/mol. The van der Waals surface area contributed by atoms with Crippen LogP contribution in [0.25, 0.3) is 21.5 Å². The van der Waals surface area contributed by atoms with Gasteiger partial charge >= 0.3 is 13.9 Å². The zero-order valence-corrected chi connectivity index (χ0v) is 35.3. The third kappa shape index (κ3) is 6.07. The number of hydrogen-bond donors (Lipinski definition) is 3. The predicted octanol–water partition coefficient (Wildman–Crippen LogP) is 8.60. The number of carbonyl (C=O) groups excluding carboxylic acids is 3. The Morgan fingerprint density at radius 3 is 1.86 bits per heavy atom. The quantitative estimate of drug-likeness (QED) is 0.0477. The molecular formula is C42H37Cl2N4O8PS2. The maximum atomic E-state index is 14.9. The van der Waals surface area contributed by atoms with Gasteiger partial charge in [-0.3, -0.25) is 19.4 Å². The molecule has 5 unspecified atom stereocenters. The number of pyridine rings is 1. The van der Waals surface area contributed by atoms with E-state index in [0.717, 1.165) is 26.9 Å². The molecule has 17 heteroatoms. The molecule has 1 spiro atoms. The number of rotatable bonds is 12. The summed E-state index contributed by atoms with van der Waals surface area (Å²) in [5, 5.41) is 6.55. The fourth-order valence-corrected chi connectivity index (χ4v) is 13.2. The van der Waals surface area contributed by atoms with Crippen LogP contribution >= 0.6 is 52.6 Å². The van der Waals surface area contributed by atoms with E-state index in [1.54, 1.807) is 45.0 Å². The van der Waals surface area contributed by atoms with Gasteiger partial charge in [-0.2, -0.15) is 0 Å². The van der Waals surface area contributed by atoms with Crippen LogP contribution in [-0.2, 0) is 14.2 Å². The van der Waals surface area contributed by atoms with E-state index in [2.05, 4.69) is 10.3 Å². The van der Waals surface area contributed by atoms with Crippen molar-refractivity contribution in [1.82, 2.24) is 10.3 Å². The summed E-state index contributed by atoms with van der Waals surface area (Å²) in [6.07, 6.45) is 2.69. The molecule has 5 atom stereocenters. The largest absolute Gasteiger partial charge is 0.524 e. The van der Waals surface area contributed by atoms with E-state index < -0.39 is 30.2 Å². The number of amides is 3. The van der Waals surface area contributed by atoms with Gasteiger partial charge in [-0.25, -0.2) is 14.3 Å². The Kier molecular flexibility index (Phi) is 9.48. The minimum atomic E-state index is -4.92. The van der Waals surface area contributed by atoms with Gasteiger partial charge in [0.25, 0.3) is 0 Å². The Morgan fingerprint density at radius 1 is 0.797 bits per heavy atom. The van der Waals surface area contributed by atoms with Gasteiger partial charge in [-0.15, -0.1) is 23.2 Å². The lowest BCUT2D eigenvalue weighted by molar-refractivity contribution is -0.134. The van der Waals surface area contributed by atoms with Crippen molar-refractivity contribution in [3.05, 3.63) is 96.2 Å². The molecule has 3 N–H and O–H groups in total. The first-order valence-corrected chi connectivity index (χ1v) is 24.1. The molecule has 3 fully saturated rings. The minimum Gasteiger partial charge on any atom is -0.410 e. The summed E-state index contributed by atoms with van der Waals surface area (Å²) >= 11 is 13.1. The second-order valence-corrected chi connectivity index (χ2v) is 20.2. The van der Waals surface area contributed by atoms with Crippen molar-refractivity contribution in [2.24, 2.45) is 16.2 Å². The molecule has 3 heterocycles. The fourth-order valence-electron chi connectivity index (χ4n) is 10.5. The smallest absolute Gasteiger partial charge is 0.410 e. The van der Waals surface area contributed by atoms with Crippen molar-refractivity contribution < 1.29 is 38.0 Å². The number of phosphoric acid groups is 1. The van der Waals surface area contributed by atoms with Crippen molar-refractivity contribution in [2.75, 3.05) is 46.9 Å². The third-order valence-electron chi connectivity index (χ3n) is 13.0. The van der Waals surface area contributed by atoms with Crippen LogP contribution in [-0.4, -0.2) is 69.8 Å². The third-order valence-corrected chi connectivity index (χ3v) is 16.4. The Bertz CT molecular complexity index is 2660. The number of phosphoric ester groups is 1. The molecule has 10 rings (SSSR count). The second-order valence-electron chi connectivity index (χ2n) is 16.0. The maximum absolute atomic E-state index is 14.9. The molecule has 5 aromatic rings. The zero-order chi connectivity index (χ0) is 40.9. The van der Waals surface area contributed by atoms with Crippen LogP contribution < -0.4 is 24.4 Å². The van der Waals surface area contributed by atoms with E-state index in [1.165, 1.54) is 16.9 Å². The number of benzene rings is 4. The number of fused-ring (bicyclic) bond motifs is 6. The van der Waals surface area contributed by atoms with E-state index in [4.69, 9.17) is 32.5 Å². The molecule has 3 saturated carbocycles. The predicted molar refractivity (Wildman–Crippen MR) is 230 cm³/mol. The first-order chi connectivity index (χ1) is 28.4. The van der Waals surface area contributed by atoms with Gasteiger partial charge in [0.05, 0.1) is 22.2 Å². The lowest BCUT2D eigenvalue weighted by Crippen LogP contribution is -2.49. The number of nitrogens with one attached hydrogen (secondary N) is 1. The van der Waals surface area contributed by atoms with Crippen molar-refractivity contribution in [3.8, 4) is 11.5 Å². The van der Waals surface area contributed by atoms with Crippen LogP contribution in [0.1, 0.15) is 42.2 Å². The molecule has 0 radical (unpaired) electrons. The van der Waals surface area contributed by atoms with Gasteiger partial charge in [-0.05, 0) is 64.1 Å². The SMILES string of the molecule is O=C(NCCSSc1ccccn1)Oc1cc2c(c3ccccc13)C(CCl)CN2C(=O)C12CC3(C(=O)N4CC(CCl)c5c4cc(OP(=O)(O)O)c4ccccc54)CC13C2. The normalized spacial score (nSPS) is 25.8. The Hall–Kier alpha value is -4.01. The Balaban J connectivity index is 0.892. The van der Waals surface area contributed by atoms with Gasteiger partial charge in [-0.1, -0.05) is 65.4 Å². The highest BCUT2D eigenvalue weighted by atomic mass is 35.5. The number of alkyl halides is 2. The van der Waals surface area contributed by atoms with E-state index in [9.17, 15) is 28.7 Å². The van der Waals surface area contributed by atoms with Crippen LogP contribution in [0.4, 0.5) is 16.2 Å². The van der Waals surface area contributed by atoms with E-state index in [0.29, 0.717) is 72.5 Å². The van der Waals surface area contributed by atoms with E-state index >= 15 is 0 Å². The summed E-state index contributed by atoms with van der Waals surface area (Å²) in [7, 11) is -1.82. The molecule has 59 heavy (non-hydrogen) atoms. The van der Waals surface area contributed by atoms with Gasteiger partial charge in [0, 0.05) is 83.5 Å². The lowest BCUT2D eigenvalue weighted by atomic mass is 9.72. The van der Waals surface area contributed by atoms with Crippen molar-refractivity contribution >= 4 is 103 Å². The highest BCUT2D eigenvalue weighted by Crippen LogP contribution is 3.01. The first kappa shape index (κ1) is 39.1. The maximum Gasteiger partial charge on any atom is 0.524 e. The molecule has 3 aliphatic carbocycles. The topological polar surface area (TPSA) is 159 Å². The minimum absolute atomic E-state index is 0.0159. The number of anilines is 2. The molecule has 5 aliphatic rings. The molecular weight excluding hydrogens is 854 g/mol. The zero-order valence-electron chi connectivity index (χ0n) is 31.3. The van der Waals surface area contributed by atoms with Crippen LogP contribution in [0, 0.1) is 16.2 Å². The number of ether oxygens (including phenoxy) is 1. The summed E-state index contributed by atoms with van der Waals surface area (Å²) in [5.41, 5.74) is 1.05. The van der Waals surface area contributed by atoms with Gasteiger partial charge in [0.1, 0.15) is 16.5 Å². The summed E-state index contributed by atoms with van der Waals surface area (Å²) in [6.45, 7) is 1.06. The molecule has 3 amide bonds. The Morgan fingerprint density at radius 2 is 1.34 bits per heavy atom. The molecule has 2 aliphatic heterocycles. The summed E-state index contributed by atoms with van der Waals surface area (Å²) < 4.78 is 23.1. The second kappa shape index (κ2) is 14.3. The Labute approximate surface area is 356 Å². The number of nitrogens with zero attached hydrogens (tertiary/aromatic N) is 3. The number of carbonyl (C=O) groups is 3. The van der Waals surface area contributed by atoms with Crippen LogP contribution in [0.15, 0.2) is 90.1 Å². The fraction of sp³-hybridized carbons (Fsp3) is 0.333. The monoisotopic (exact) mass is 890 g/mol. The van der Waals surface area contributed by atoms with Crippen molar-refractivity contribution in [1.29, 1.82) is 0 Å². The van der Waals surface area contributed by atoms with Crippen LogP contribution in [0.3, 0.4) is 0 Å². The van der Waals surface area contributed by atoms with Crippen molar-refractivity contribution in [3.63, 3.8) is 0 Å². The number of hydrogen-bond acceptors (Lipinski definition) is 9. The van der Waals surface area contributed by atoms with Gasteiger partial charge < -0.3 is 24.4 Å². The summed E-state index contributed by atoms with van der Waals surface area (Å²) in [6, 6.07) is 23.8. The van der Waals surface area contributed by atoms with Gasteiger partial charge in [0.2, 0.25) is 11.8 Å². The summed E-state index contributed by atoms with van der Waals surface area (Å²) in [5.74, 6) is 0.963. The average Bonchev–Trinajstić information content (AvgIpc) is 3.74. The number of halogens is 2. The lowest BCUT2D eigenvalue weighted by Gasteiger charge is -2.37. The molecule has 0 saturated heterocycles.